The van der Waals surface area contributed by atoms with Crippen molar-refractivity contribution in [2.24, 2.45) is 0 Å². The number of carbonyl (C=O) groups excluding carboxylic acids is 1. The molecule has 0 bridgehead atoms. The number of nitrogens with zero attached hydrogens (tertiary/aromatic N) is 2. The van der Waals surface area contributed by atoms with Gasteiger partial charge in [0.2, 0.25) is 0 Å². The van der Waals surface area contributed by atoms with Crippen molar-refractivity contribution in [2.45, 2.75) is 26.0 Å². The van der Waals surface area contributed by atoms with E-state index in [0.717, 1.165) is 23.7 Å². The summed E-state index contributed by atoms with van der Waals surface area (Å²) in [6, 6.07) is 12.6. The summed E-state index contributed by atoms with van der Waals surface area (Å²) in [6.07, 6.45) is 5.48. The number of imidazole rings is 1. The molecule has 148 valence electrons. The van der Waals surface area contributed by atoms with Gasteiger partial charge in [-0.25, -0.2) is 9.78 Å². The predicted octanol–water partition coefficient (Wildman–Crippen LogP) is 3.12. The van der Waals surface area contributed by atoms with Gasteiger partial charge in [-0.1, -0.05) is 18.2 Å². The second kappa shape index (κ2) is 8.18. The van der Waals surface area contributed by atoms with E-state index in [2.05, 4.69) is 10.3 Å². The molecule has 2 heterocycles. The smallest absolute Gasteiger partial charge is 0.344 e. The van der Waals surface area contributed by atoms with Crippen LogP contribution < -0.4 is 15.7 Å². The summed E-state index contributed by atoms with van der Waals surface area (Å²) in [4.78, 5) is 28.4. The van der Waals surface area contributed by atoms with Gasteiger partial charge in [0.1, 0.15) is 11.3 Å². The summed E-state index contributed by atoms with van der Waals surface area (Å²) in [5.41, 5.74) is 0.0353. The van der Waals surface area contributed by atoms with E-state index in [0.29, 0.717) is 23.3 Å². The van der Waals surface area contributed by atoms with Crippen LogP contribution >= 0.6 is 0 Å². The standard InChI is InChI=1S/C22H21N3O4/c1-15(21(26)24-9-4-11-25-12-10-23-14-25)28-16-7-8-18-17-5-2-3-6-19(17)22(27)29-20(18)13-16/h2-3,5-8,10,12-15H,4,9,11H2,1H3,(H,24,26)/t15-/m0/s1. The van der Waals surface area contributed by atoms with E-state index >= 15 is 0 Å². The second-order valence-corrected chi connectivity index (χ2v) is 6.80. The molecule has 0 unspecified atom stereocenters. The number of hydrogen-bond acceptors (Lipinski definition) is 5. The molecule has 7 nitrogen and oxygen atoms in total. The van der Waals surface area contributed by atoms with Crippen LogP contribution in [0.15, 0.2) is 70.4 Å². The maximum Gasteiger partial charge on any atom is 0.344 e. The number of rotatable bonds is 7. The van der Waals surface area contributed by atoms with Crippen LogP contribution in [0.1, 0.15) is 13.3 Å². The van der Waals surface area contributed by atoms with Gasteiger partial charge in [-0.05, 0) is 36.9 Å². The Morgan fingerprint density at radius 1 is 1.21 bits per heavy atom. The second-order valence-electron chi connectivity index (χ2n) is 6.80. The third-order valence-corrected chi connectivity index (χ3v) is 4.73. The molecule has 7 heteroatoms. The number of nitrogens with one attached hydrogen (secondary N) is 1. The highest BCUT2D eigenvalue weighted by molar-refractivity contribution is 6.04. The monoisotopic (exact) mass is 391 g/mol. The minimum atomic E-state index is -0.673. The minimum absolute atomic E-state index is 0.198. The van der Waals surface area contributed by atoms with Gasteiger partial charge < -0.3 is 19.0 Å². The first-order valence-corrected chi connectivity index (χ1v) is 9.47. The summed E-state index contributed by atoms with van der Waals surface area (Å²) in [6.45, 7) is 3.02. The molecule has 0 aliphatic carbocycles. The van der Waals surface area contributed by atoms with E-state index in [9.17, 15) is 9.59 Å². The quantitative estimate of drug-likeness (QED) is 0.297. The minimum Gasteiger partial charge on any atom is -0.481 e. The highest BCUT2D eigenvalue weighted by Crippen LogP contribution is 2.26. The summed E-state index contributed by atoms with van der Waals surface area (Å²) in [5, 5.41) is 5.05. The van der Waals surface area contributed by atoms with Gasteiger partial charge in [0.05, 0.1) is 11.7 Å². The lowest BCUT2D eigenvalue weighted by Crippen LogP contribution is -2.37. The number of hydrogen-bond donors (Lipinski definition) is 1. The van der Waals surface area contributed by atoms with Crippen LogP contribution in [0.3, 0.4) is 0 Å². The van der Waals surface area contributed by atoms with Gasteiger partial charge in [0, 0.05) is 36.9 Å². The molecule has 0 aliphatic rings. The molecular formula is C22H21N3O4. The van der Waals surface area contributed by atoms with Crippen LogP contribution in [0, 0.1) is 0 Å². The Balaban J connectivity index is 1.41. The molecule has 0 saturated carbocycles. The number of fused-ring (bicyclic) bond motifs is 3. The molecule has 0 saturated heterocycles. The lowest BCUT2D eigenvalue weighted by atomic mass is 10.1. The zero-order valence-electron chi connectivity index (χ0n) is 16.0. The maximum absolute atomic E-state index is 12.3. The number of benzene rings is 2. The van der Waals surface area contributed by atoms with Gasteiger partial charge in [-0.3, -0.25) is 4.79 Å². The van der Waals surface area contributed by atoms with Gasteiger partial charge >= 0.3 is 5.63 Å². The van der Waals surface area contributed by atoms with E-state index in [1.165, 1.54) is 0 Å². The molecule has 0 radical (unpaired) electrons. The van der Waals surface area contributed by atoms with Gasteiger partial charge in [0.15, 0.2) is 6.10 Å². The molecule has 0 fully saturated rings. The zero-order valence-corrected chi connectivity index (χ0v) is 16.0. The molecule has 1 amide bonds. The Morgan fingerprint density at radius 2 is 2.03 bits per heavy atom. The molecule has 2 aromatic heterocycles. The first-order chi connectivity index (χ1) is 14.1. The van der Waals surface area contributed by atoms with E-state index in [1.54, 1.807) is 43.7 Å². The fourth-order valence-electron chi connectivity index (χ4n) is 3.23. The van der Waals surface area contributed by atoms with Crippen LogP contribution in [0.25, 0.3) is 21.7 Å². The van der Waals surface area contributed by atoms with Crippen molar-refractivity contribution in [1.82, 2.24) is 14.9 Å². The first kappa shape index (κ1) is 18.7. The van der Waals surface area contributed by atoms with Gasteiger partial charge in [0.25, 0.3) is 5.91 Å². The summed E-state index contributed by atoms with van der Waals surface area (Å²) in [5.74, 6) is 0.271. The van der Waals surface area contributed by atoms with Crippen molar-refractivity contribution < 1.29 is 13.9 Å². The highest BCUT2D eigenvalue weighted by atomic mass is 16.5. The molecule has 1 N–H and O–H groups in total. The van der Waals surface area contributed by atoms with E-state index in [1.807, 2.05) is 29.0 Å². The van der Waals surface area contributed by atoms with Gasteiger partial charge in [-0.15, -0.1) is 0 Å². The molecule has 29 heavy (non-hydrogen) atoms. The van der Waals surface area contributed by atoms with E-state index in [-0.39, 0.29) is 5.91 Å². The van der Waals surface area contributed by atoms with Crippen LogP contribution in [0.5, 0.6) is 5.75 Å². The average molecular weight is 391 g/mol. The van der Waals surface area contributed by atoms with Crippen molar-refractivity contribution in [3.8, 4) is 5.75 Å². The molecular weight excluding hydrogens is 370 g/mol. The van der Waals surface area contributed by atoms with Crippen LogP contribution in [-0.2, 0) is 11.3 Å². The molecule has 1 atom stereocenters. The fraction of sp³-hybridized carbons (Fsp3) is 0.227. The first-order valence-electron chi connectivity index (χ1n) is 9.47. The predicted molar refractivity (Wildman–Crippen MR) is 110 cm³/mol. The van der Waals surface area contributed by atoms with E-state index < -0.39 is 11.7 Å². The average Bonchev–Trinajstić information content (AvgIpc) is 3.24. The van der Waals surface area contributed by atoms with Crippen molar-refractivity contribution in [1.29, 1.82) is 0 Å². The molecule has 0 aliphatic heterocycles. The highest BCUT2D eigenvalue weighted by Gasteiger charge is 2.15. The maximum atomic E-state index is 12.3. The van der Waals surface area contributed by atoms with E-state index in [4.69, 9.17) is 9.15 Å². The summed E-state index contributed by atoms with van der Waals surface area (Å²) < 4.78 is 13.1. The topological polar surface area (TPSA) is 86.4 Å². The summed E-state index contributed by atoms with van der Waals surface area (Å²) in [7, 11) is 0. The molecule has 0 spiro atoms. The normalized spacial score (nSPS) is 12.2. The lowest BCUT2D eigenvalue weighted by Gasteiger charge is -2.15. The Morgan fingerprint density at radius 3 is 2.83 bits per heavy atom. The molecule has 4 rings (SSSR count). The Labute approximate surface area is 166 Å². The number of carbonyl (C=O) groups is 1. The molecule has 2 aromatic carbocycles. The lowest BCUT2D eigenvalue weighted by molar-refractivity contribution is -0.127. The number of amides is 1. The summed E-state index contributed by atoms with van der Waals surface area (Å²) >= 11 is 0. The van der Waals surface area contributed by atoms with Crippen molar-refractivity contribution in [3.05, 3.63) is 71.6 Å². The Hall–Kier alpha value is -3.61. The Kier molecular flexibility index (Phi) is 5.29. The zero-order chi connectivity index (χ0) is 20.2. The third-order valence-electron chi connectivity index (χ3n) is 4.73. The van der Waals surface area contributed by atoms with Crippen LogP contribution in [0.2, 0.25) is 0 Å². The molecule has 4 aromatic rings. The Bertz CT molecular complexity index is 1200. The van der Waals surface area contributed by atoms with Gasteiger partial charge in [-0.2, -0.15) is 0 Å². The van der Waals surface area contributed by atoms with Crippen molar-refractivity contribution >= 4 is 27.6 Å². The van der Waals surface area contributed by atoms with Crippen LogP contribution in [0.4, 0.5) is 0 Å². The largest absolute Gasteiger partial charge is 0.481 e. The van der Waals surface area contributed by atoms with Crippen LogP contribution in [-0.4, -0.2) is 28.1 Å². The number of aryl methyl sites for hydroxylation is 1. The third kappa shape index (κ3) is 4.13. The van der Waals surface area contributed by atoms with Crippen molar-refractivity contribution in [3.63, 3.8) is 0 Å². The SMILES string of the molecule is C[C@H](Oc1ccc2c(c1)oc(=O)c1ccccc12)C(=O)NCCCn1ccnc1. The van der Waals surface area contributed by atoms with Crippen molar-refractivity contribution in [2.75, 3.05) is 6.54 Å². The number of aromatic nitrogens is 2. The fourth-order valence-corrected chi connectivity index (χ4v) is 3.23. The number of ether oxygens (including phenoxy) is 1.